The fraction of sp³-hybridized carbons (Fsp3) is 0.273. The van der Waals surface area contributed by atoms with Crippen LogP contribution in [-0.4, -0.2) is 50.1 Å². The Bertz CT molecular complexity index is 893. The average Bonchev–Trinajstić information content (AvgIpc) is 2.76. The second kappa shape index (κ2) is 9.64. The summed E-state index contributed by atoms with van der Waals surface area (Å²) in [6.45, 7) is 3.19. The predicted octanol–water partition coefficient (Wildman–Crippen LogP) is 2.97. The van der Waals surface area contributed by atoms with E-state index >= 15 is 0 Å². The molecule has 2 amide bonds. The van der Waals surface area contributed by atoms with E-state index in [-0.39, 0.29) is 18.4 Å². The molecule has 0 atom stereocenters. The van der Waals surface area contributed by atoms with Crippen LogP contribution >= 0.6 is 0 Å². The molecule has 0 saturated heterocycles. The molecule has 0 unspecified atom stereocenters. The first kappa shape index (κ1) is 20.3. The Balaban J connectivity index is 1.57. The van der Waals surface area contributed by atoms with E-state index in [0.717, 1.165) is 11.3 Å². The summed E-state index contributed by atoms with van der Waals surface area (Å²) in [4.78, 5) is 26.3. The number of carbonyl (C=O) groups is 2. The first-order valence-corrected chi connectivity index (χ1v) is 9.39. The van der Waals surface area contributed by atoms with Crippen molar-refractivity contribution in [3.05, 3.63) is 54.1 Å². The van der Waals surface area contributed by atoms with Crippen molar-refractivity contribution < 1.29 is 23.8 Å². The van der Waals surface area contributed by atoms with Crippen LogP contribution in [0, 0.1) is 0 Å². The molecular formula is C22H24N2O5. The normalized spacial score (nSPS) is 12.5. The van der Waals surface area contributed by atoms with Crippen LogP contribution in [0.25, 0.3) is 6.08 Å². The Kier molecular flexibility index (Phi) is 6.73. The topological polar surface area (TPSA) is 77.1 Å². The Hall–Kier alpha value is -3.48. The average molecular weight is 396 g/mol. The molecule has 0 spiro atoms. The largest absolute Gasteiger partial charge is 0.497 e. The molecule has 1 heterocycles. The quantitative estimate of drug-likeness (QED) is 0.728. The van der Waals surface area contributed by atoms with Crippen LogP contribution in [0.5, 0.6) is 17.2 Å². The molecule has 2 aromatic carbocycles. The summed E-state index contributed by atoms with van der Waals surface area (Å²) in [5, 5.41) is 2.79. The number of hydrogen-bond donors (Lipinski definition) is 1. The van der Waals surface area contributed by atoms with Gasteiger partial charge in [0.15, 0.2) is 11.5 Å². The highest BCUT2D eigenvalue weighted by Gasteiger charge is 2.16. The molecule has 29 heavy (non-hydrogen) atoms. The smallest absolute Gasteiger partial charge is 0.247 e. The number of fused-ring (bicyclic) bond motifs is 1. The van der Waals surface area contributed by atoms with Gasteiger partial charge in [0.05, 0.1) is 7.11 Å². The SMILES string of the molecule is CCN(CC(=O)Nc1ccc2c(c1)OCCO2)C(=O)/C=C/c1ccc(OC)cc1. The van der Waals surface area contributed by atoms with E-state index in [1.54, 1.807) is 31.4 Å². The second-order valence-corrected chi connectivity index (χ2v) is 6.37. The van der Waals surface area contributed by atoms with Crippen molar-refractivity contribution in [2.24, 2.45) is 0 Å². The maximum atomic E-state index is 12.4. The van der Waals surface area contributed by atoms with E-state index in [9.17, 15) is 9.59 Å². The lowest BCUT2D eigenvalue weighted by molar-refractivity contribution is -0.130. The predicted molar refractivity (Wildman–Crippen MR) is 110 cm³/mol. The van der Waals surface area contributed by atoms with Gasteiger partial charge in [-0.15, -0.1) is 0 Å². The summed E-state index contributed by atoms with van der Waals surface area (Å²) in [6, 6.07) is 12.6. The maximum Gasteiger partial charge on any atom is 0.247 e. The van der Waals surface area contributed by atoms with E-state index in [0.29, 0.717) is 36.9 Å². The van der Waals surface area contributed by atoms with E-state index < -0.39 is 0 Å². The number of rotatable bonds is 7. The van der Waals surface area contributed by atoms with Crippen LogP contribution in [-0.2, 0) is 9.59 Å². The lowest BCUT2D eigenvalue weighted by atomic mass is 10.2. The fourth-order valence-electron chi connectivity index (χ4n) is 2.83. The summed E-state index contributed by atoms with van der Waals surface area (Å²) in [6.07, 6.45) is 3.17. The minimum absolute atomic E-state index is 0.0449. The zero-order chi connectivity index (χ0) is 20.6. The van der Waals surface area contributed by atoms with Crippen LogP contribution in [0.15, 0.2) is 48.5 Å². The van der Waals surface area contributed by atoms with Crippen molar-refractivity contribution in [3.63, 3.8) is 0 Å². The molecule has 1 N–H and O–H groups in total. The number of hydrogen-bond acceptors (Lipinski definition) is 5. The molecular weight excluding hydrogens is 372 g/mol. The molecule has 0 aliphatic carbocycles. The van der Waals surface area contributed by atoms with Crippen molar-refractivity contribution in [1.29, 1.82) is 0 Å². The highest BCUT2D eigenvalue weighted by Crippen LogP contribution is 2.32. The Morgan fingerprint density at radius 3 is 2.52 bits per heavy atom. The number of likely N-dealkylation sites (N-methyl/N-ethyl adjacent to an activating group) is 1. The molecule has 152 valence electrons. The van der Waals surface area contributed by atoms with Gasteiger partial charge in [0.2, 0.25) is 11.8 Å². The van der Waals surface area contributed by atoms with Crippen molar-refractivity contribution in [3.8, 4) is 17.2 Å². The number of carbonyl (C=O) groups excluding carboxylic acids is 2. The van der Waals surface area contributed by atoms with Crippen LogP contribution in [0.3, 0.4) is 0 Å². The second-order valence-electron chi connectivity index (χ2n) is 6.37. The minimum Gasteiger partial charge on any atom is -0.497 e. The molecule has 3 rings (SSSR count). The van der Waals surface area contributed by atoms with Crippen molar-refractivity contribution in [2.45, 2.75) is 6.92 Å². The molecule has 7 nitrogen and oxygen atoms in total. The first-order chi connectivity index (χ1) is 14.1. The first-order valence-electron chi connectivity index (χ1n) is 9.39. The third-order valence-electron chi connectivity index (χ3n) is 4.39. The fourth-order valence-corrected chi connectivity index (χ4v) is 2.83. The molecule has 7 heteroatoms. The summed E-state index contributed by atoms with van der Waals surface area (Å²) in [5.74, 6) is 1.48. The zero-order valence-electron chi connectivity index (χ0n) is 16.5. The number of nitrogens with zero attached hydrogens (tertiary/aromatic N) is 1. The van der Waals surface area contributed by atoms with E-state index in [4.69, 9.17) is 14.2 Å². The minimum atomic E-state index is -0.283. The number of anilines is 1. The third-order valence-corrected chi connectivity index (χ3v) is 4.39. The number of methoxy groups -OCH3 is 1. The van der Waals surface area contributed by atoms with Crippen LogP contribution < -0.4 is 19.5 Å². The molecule has 0 bridgehead atoms. The van der Waals surface area contributed by atoms with Gasteiger partial charge >= 0.3 is 0 Å². The molecule has 0 radical (unpaired) electrons. The van der Waals surface area contributed by atoms with Crippen molar-refractivity contribution in [2.75, 3.05) is 38.7 Å². The van der Waals surface area contributed by atoms with Crippen molar-refractivity contribution >= 4 is 23.6 Å². The Morgan fingerprint density at radius 1 is 1.10 bits per heavy atom. The van der Waals surface area contributed by atoms with Crippen LogP contribution in [0.1, 0.15) is 12.5 Å². The summed E-state index contributed by atoms with van der Waals surface area (Å²) >= 11 is 0. The lowest BCUT2D eigenvalue weighted by Crippen LogP contribution is -2.36. The Morgan fingerprint density at radius 2 is 1.83 bits per heavy atom. The zero-order valence-corrected chi connectivity index (χ0v) is 16.5. The number of ether oxygens (including phenoxy) is 3. The van der Waals surface area contributed by atoms with Gasteiger partial charge in [0.1, 0.15) is 25.5 Å². The van der Waals surface area contributed by atoms with Gasteiger partial charge in [-0.3, -0.25) is 9.59 Å². The van der Waals surface area contributed by atoms with Gasteiger partial charge in [-0.1, -0.05) is 12.1 Å². The highest BCUT2D eigenvalue weighted by molar-refractivity contribution is 5.98. The van der Waals surface area contributed by atoms with Gasteiger partial charge in [0, 0.05) is 24.4 Å². The molecule has 0 aromatic heterocycles. The summed E-state index contributed by atoms with van der Waals surface area (Å²) in [5.41, 5.74) is 1.47. The molecule has 1 aliphatic rings. The van der Waals surface area contributed by atoms with Gasteiger partial charge < -0.3 is 24.4 Å². The molecule has 1 aliphatic heterocycles. The van der Waals surface area contributed by atoms with E-state index in [2.05, 4.69) is 5.32 Å². The van der Waals surface area contributed by atoms with E-state index in [1.807, 2.05) is 31.2 Å². The summed E-state index contributed by atoms with van der Waals surface area (Å²) < 4.78 is 16.1. The van der Waals surface area contributed by atoms with Crippen LogP contribution in [0.2, 0.25) is 0 Å². The van der Waals surface area contributed by atoms with Gasteiger partial charge in [-0.25, -0.2) is 0 Å². The van der Waals surface area contributed by atoms with E-state index in [1.165, 1.54) is 11.0 Å². The standard InChI is InChI=1S/C22H24N2O5/c1-3-24(22(26)11-6-16-4-8-18(27-2)9-5-16)15-21(25)23-17-7-10-19-20(14-17)29-13-12-28-19/h4-11,14H,3,12-13,15H2,1-2H3,(H,23,25)/b11-6+. The maximum absolute atomic E-state index is 12.4. The van der Waals surface area contributed by atoms with Gasteiger partial charge in [-0.2, -0.15) is 0 Å². The lowest BCUT2D eigenvalue weighted by Gasteiger charge is -2.20. The molecule has 0 saturated carbocycles. The van der Waals surface area contributed by atoms with Gasteiger partial charge in [0.25, 0.3) is 0 Å². The van der Waals surface area contributed by atoms with Gasteiger partial charge in [-0.05, 0) is 42.8 Å². The summed E-state index contributed by atoms with van der Waals surface area (Å²) in [7, 11) is 1.60. The van der Waals surface area contributed by atoms with Crippen molar-refractivity contribution in [1.82, 2.24) is 4.90 Å². The molecule has 2 aromatic rings. The molecule has 0 fully saturated rings. The number of nitrogens with one attached hydrogen (secondary N) is 1. The highest BCUT2D eigenvalue weighted by atomic mass is 16.6. The van der Waals surface area contributed by atoms with Crippen LogP contribution in [0.4, 0.5) is 5.69 Å². The monoisotopic (exact) mass is 396 g/mol. The number of benzene rings is 2. The Labute approximate surface area is 169 Å². The third kappa shape index (κ3) is 5.51. The number of amides is 2.